The largest absolute Gasteiger partial charge is 0.473 e. The van der Waals surface area contributed by atoms with Crippen molar-refractivity contribution >= 4 is 34.8 Å². The number of aromatic nitrogens is 1. The summed E-state index contributed by atoms with van der Waals surface area (Å²) in [4.78, 5) is 21.2. The molecule has 0 N–H and O–H groups in total. The molecule has 2 aliphatic heterocycles. The van der Waals surface area contributed by atoms with E-state index >= 15 is 0 Å². The molecule has 0 radical (unpaired) electrons. The molecule has 2 aliphatic rings. The fourth-order valence-electron chi connectivity index (χ4n) is 3.60. The fraction of sp³-hybridized carbons (Fsp3) is 0.429. The summed E-state index contributed by atoms with van der Waals surface area (Å²) in [5, 5.41) is 1.07. The van der Waals surface area contributed by atoms with E-state index in [9.17, 15) is 4.79 Å². The molecule has 3 heterocycles. The van der Waals surface area contributed by atoms with E-state index in [2.05, 4.69) is 9.88 Å². The Balaban J connectivity index is 1.36. The van der Waals surface area contributed by atoms with Crippen LogP contribution < -0.4 is 9.64 Å². The summed E-state index contributed by atoms with van der Waals surface area (Å²) in [5.74, 6) is 0.309. The third kappa shape index (κ3) is 4.94. The maximum absolute atomic E-state index is 12.9. The second-order valence-electron chi connectivity index (χ2n) is 7.20. The predicted octanol–water partition coefficient (Wildman–Crippen LogP) is 3.91. The highest BCUT2D eigenvalue weighted by molar-refractivity contribution is 6.32. The van der Waals surface area contributed by atoms with Crippen LogP contribution in [0.1, 0.15) is 23.2 Å². The number of anilines is 1. The van der Waals surface area contributed by atoms with E-state index in [-0.39, 0.29) is 12.0 Å². The van der Waals surface area contributed by atoms with Crippen molar-refractivity contribution in [2.24, 2.45) is 0 Å². The van der Waals surface area contributed by atoms with Crippen molar-refractivity contribution in [2.45, 2.75) is 18.9 Å². The Morgan fingerprint density at radius 1 is 1.10 bits per heavy atom. The third-order valence-electron chi connectivity index (χ3n) is 5.24. The Morgan fingerprint density at radius 3 is 2.55 bits per heavy atom. The molecule has 0 aliphatic carbocycles. The van der Waals surface area contributed by atoms with Crippen LogP contribution in [0.3, 0.4) is 0 Å². The number of carbonyl (C=O) groups is 1. The molecule has 8 heteroatoms. The minimum absolute atomic E-state index is 0.0508. The van der Waals surface area contributed by atoms with Crippen molar-refractivity contribution in [3.05, 3.63) is 52.1 Å². The van der Waals surface area contributed by atoms with Gasteiger partial charge in [0.15, 0.2) is 0 Å². The molecule has 6 nitrogen and oxygen atoms in total. The Bertz CT molecular complexity index is 866. The van der Waals surface area contributed by atoms with Crippen LogP contribution in [0.2, 0.25) is 10.0 Å². The highest BCUT2D eigenvalue weighted by atomic mass is 35.5. The van der Waals surface area contributed by atoms with Gasteiger partial charge >= 0.3 is 0 Å². The number of benzene rings is 1. The van der Waals surface area contributed by atoms with Crippen LogP contribution in [0, 0.1) is 0 Å². The van der Waals surface area contributed by atoms with Gasteiger partial charge in [-0.25, -0.2) is 4.98 Å². The van der Waals surface area contributed by atoms with Gasteiger partial charge in [-0.2, -0.15) is 0 Å². The van der Waals surface area contributed by atoms with E-state index < -0.39 is 0 Å². The van der Waals surface area contributed by atoms with Crippen molar-refractivity contribution in [1.29, 1.82) is 0 Å². The first-order chi connectivity index (χ1) is 14.1. The van der Waals surface area contributed by atoms with Crippen LogP contribution in [0.25, 0.3) is 0 Å². The van der Waals surface area contributed by atoms with Gasteiger partial charge in [0.1, 0.15) is 11.1 Å². The minimum Gasteiger partial charge on any atom is -0.473 e. The van der Waals surface area contributed by atoms with Crippen LogP contribution >= 0.6 is 23.2 Å². The van der Waals surface area contributed by atoms with E-state index in [0.29, 0.717) is 47.8 Å². The smallest absolute Gasteiger partial charge is 0.255 e. The number of carbonyl (C=O) groups excluding carboxylic acids is 1. The van der Waals surface area contributed by atoms with E-state index in [0.717, 1.165) is 31.6 Å². The summed E-state index contributed by atoms with van der Waals surface area (Å²) >= 11 is 12.4. The van der Waals surface area contributed by atoms with Crippen LogP contribution in [-0.2, 0) is 4.74 Å². The van der Waals surface area contributed by atoms with E-state index in [1.807, 2.05) is 29.2 Å². The maximum atomic E-state index is 12.9. The summed E-state index contributed by atoms with van der Waals surface area (Å²) in [7, 11) is 0. The molecular formula is C21H23Cl2N3O3. The number of amides is 1. The molecule has 0 atom stereocenters. The van der Waals surface area contributed by atoms with Crippen LogP contribution in [0.4, 0.5) is 5.69 Å². The monoisotopic (exact) mass is 435 g/mol. The third-order valence-corrected chi connectivity index (χ3v) is 5.75. The SMILES string of the molecule is O=C(c1cnc(OC2CCOCC2)c(Cl)c1)N1CCN(c2cccc(Cl)c2)CC1. The van der Waals surface area contributed by atoms with Crippen molar-refractivity contribution in [3.8, 4) is 5.88 Å². The summed E-state index contributed by atoms with van der Waals surface area (Å²) in [5.41, 5.74) is 1.55. The van der Waals surface area contributed by atoms with Crippen LogP contribution in [-0.4, -0.2) is 61.3 Å². The van der Waals surface area contributed by atoms with E-state index in [1.165, 1.54) is 0 Å². The number of ether oxygens (including phenoxy) is 2. The Morgan fingerprint density at radius 2 is 1.86 bits per heavy atom. The quantitative estimate of drug-likeness (QED) is 0.728. The number of rotatable bonds is 4. The summed E-state index contributed by atoms with van der Waals surface area (Å²) in [6.45, 7) is 4.11. The molecule has 2 fully saturated rings. The Kier molecular flexibility index (Phi) is 6.43. The molecule has 0 saturated carbocycles. The normalized spacial score (nSPS) is 18.0. The molecule has 1 amide bonds. The Hall–Kier alpha value is -2.02. The first-order valence-corrected chi connectivity index (χ1v) is 10.6. The van der Waals surface area contributed by atoms with Crippen LogP contribution in [0.5, 0.6) is 5.88 Å². The lowest BCUT2D eigenvalue weighted by atomic mass is 10.1. The summed E-state index contributed by atoms with van der Waals surface area (Å²) in [6, 6.07) is 9.42. The zero-order valence-corrected chi connectivity index (χ0v) is 17.5. The molecule has 0 spiro atoms. The molecule has 2 saturated heterocycles. The topological polar surface area (TPSA) is 54.9 Å². The van der Waals surface area contributed by atoms with Gasteiger partial charge in [0.2, 0.25) is 5.88 Å². The lowest BCUT2D eigenvalue weighted by Crippen LogP contribution is -2.48. The van der Waals surface area contributed by atoms with Gasteiger partial charge in [0, 0.05) is 55.9 Å². The minimum atomic E-state index is -0.0669. The van der Waals surface area contributed by atoms with Gasteiger partial charge in [-0.3, -0.25) is 4.79 Å². The number of halogens is 2. The van der Waals surface area contributed by atoms with Gasteiger partial charge in [-0.15, -0.1) is 0 Å². The van der Waals surface area contributed by atoms with Gasteiger partial charge in [-0.1, -0.05) is 29.3 Å². The van der Waals surface area contributed by atoms with E-state index in [1.54, 1.807) is 12.3 Å². The first kappa shape index (κ1) is 20.3. The second-order valence-corrected chi connectivity index (χ2v) is 8.04. The van der Waals surface area contributed by atoms with Gasteiger partial charge in [0.05, 0.1) is 18.8 Å². The Labute approximate surface area is 180 Å². The molecule has 154 valence electrons. The number of nitrogens with zero attached hydrogens (tertiary/aromatic N) is 3. The molecule has 2 aromatic rings. The zero-order valence-electron chi connectivity index (χ0n) is 16.0. The molecule has 0 unspecified atom stereocenters. The van der Waals surface area contributed by atoms with Gasteiger partial charge in [0.25, 0.3) is 5.91 Å². The number of hydrogen-bond donors (Lipinski definition) is 0. The maximum Gasteiger partial charge on any atom is 0.255 e. The standard InChI is InChI=1S/C21H23Cl2N3O3/c22-16-2-1-3-17(13-16)25-6-8-26(9-7-25)21(27)15-12-19(23)20(24-14-15)29-18-4-10-28-11-5-18/h1-3,12-14,18H,4-11H2. The van der Waals surface area contributed by atoms with Gasteiger partial charge in [-0.05, 0) is 24.3 Å². The number of piperazine rings is 1. The fourth-order valence-corrected chi connectivity index (χ4v) is 4.00. The van der Waals surface area contributed by atoms with Crippen LogP contribution in [0.15, 0.2) is 36.5 Å². The average Bonchev–Trinajstić information content (AvgIpc) is 2.75. The molecule has 0 bridgehead atoms. The highest BCUT2D eigenvalue weighted by Crippen LogP contribution is 2.27. The molecule has 29 heavy (non-hydrogen) atoms. The average molecular weight is 436 g/mol. The molecule has 1 aromatic heterocycles. The molecule has 4 rings (SSSR count). The predicted molar refractivity (Wildman–Crippen MR) is 113 cm³/mol. The highest BCUT2D eigenvalue weighted by Gasteiger charge is 2.24. The zero-order chi connectivity index (χ0) is 20.2. The first-order valence-electron chi connectivity index (χ1n) is 9.80. The lowest BCUT2D eigenvalue weighted by molar-refractivity contribution is 0.0238. The van der Waals surface area contributed by atoms with Crippen molar-refractivity contribution in [1.82, 2.24) is 9.88 Å². The lowest BCUT2D eigenvalue weighted by Gasteiger charge is -2.36. The number of pyridine rings is 1. The van der Waals surface area contributed by atoms with Crippen molar-refractivity contribution < 1.29 is 14.3 Å². The second kappa shape index (κ2) is 9.20. The van der Waals surface area contributed by atoms with Crippen molar-refractivity contribution in [2.75, 3.05) is 44.3 Å². The summed E-state index contributed by atoms with van der Waals surface area (Å²) < 4.78 is 11.2. The van der Waals surface area contributed by atoms with E-state index in [4.69, 9.17) is 32.7 Å². The molecular weight excluding hydrogens is 413 g/mol. The number of hydrogen-bond acceptors (Lipinski definition) is 5. The molecule has 1 aromatic carbocycles. The van der Waals surface area contributed by atoms with Crippen molar-refractivity contribution in [3.63, 3.8) is 0 Å². The van der Waals surface area contributed by atoms with Gasteiger partial charge < -0.3 is 19.3 Å². The summed E-state index contributed by atoms with van der Waals surface area (Å²) in [6.07, 6.45) is 3.23.